The number of primary amides is 1. The number of carbonyl (C=O) groups is 3. The predicted molar refractivity (Wildman–Crippen MR) is 65.0 cm³/mol. The second-order valence-corrected chi connectivity index (χ2v) is 3.85. The molecule has 4 N–H and O–H groups in total. The molecule has 0 atom stereocenters. The molecule has 19 heavy (non-hydrogen) atoms. The normalized spacial score (nSPS) is 9.95. The Kier molecular flexibility index (Phi) is 4.99. The van der Waals surface area contributed by atoms with Crippen molar-refractivity contribution in [2.75, 3.05) is 5.32 Å². The number of carboxylic acids is 1. The molecule has 0 unspecified atom stereocenters. The Morgan fingerprint density at radius 1 is 1.26 bits per heavy atom. The maximum Gasteiger partial charge on any atom is 0.303 e. The summed E-state index contributed by atoms with van der Waals surface area (Å²) in [6.45, 7) is 0. The van der Waals surface area contributed by atoms with E-state index < -0.39 is 23.6 Å². The van der Waals surface area contributed by atoms with Gasteiger partial charge in [-0.1, -0.05) is 0 Å². The quantitative estimate of drug-likeness (QED) is 0.718. The molecule has 1 aromatic rings. The molecule has 7 heteroatoms. The van der Waals surface area contributed by atoms with Gasteiger partial charge in [-0.25, -0.2) is 4.39 Å². The first-order valence-corrected chi connectivity index (χ1v) is 5.51. The number of halogens is 1. The number of amides is 2. The van der Waals surface area contributed by atoms with Gasteiger partial charge in [0.1, 0.15) is 5.82 Å². The van der Waals surface area contributed by atoms with Gasteiger partial charge in [0.2, 0.25) is 11.8 Å². The predicted octanol–water partition coefficient (Wildman–Crippen LogP) is 1.12. The van der Waals surface area contributed by atoms with Crippen LogP contribution in [0.25, 0.3) is 0 Å². The van der Waals surface area contributed by atoms with E-state index in [4.69, 9.17) is 10.8 Å². The summed E-state index contributed by atoms with van der Waals surface area (Å²) in [7, 11) is 0. The second-order valence-electron chi connectivity index (χ2n) is 3.85. The average molecular weight is 268 g/mol. The van der Waals surface area contributed by atoms with Crippen molar-refractivity contribution in [3.63, 3.8) is 0 Å². The molecule has 102 valence electrons. The minimum Gasteiger partial charge on any atom is -0.481 e. The van der Waals surface area contributed by atoms with Gasteiger partial charge in [-0.3, -0.25) is 14.4 Å². The summed E-state index contributed by atoms with van der Waals surface area (Å²) in [4.78, 5) is 32.6. The lowest BCUT2D eigenvalue weighted by atomic mass is 10.1. The van der Waals surface area contributed by atoms with E-state index in [9.17, 15) is 18.8 Å². The molecular formula is C12H13FN2O4. The fraction of sp³-hybridized carbons (Fsp3) is 0.250. The van der Waals surface area contributed by atoms with Gasteiger partial charge in [-0.05, 0) is 24.6 Å². The van der Waals surface area contributed by atoms with Crippen molar-refractivity contribution in [3.8, 4) is 0 Å². The van der Waals surface area contributed by atoms with Gasteiger partial charge in [0.25, 0.3) is 0 Å². The molecule has 0 aromatic heterocycles. The zero-order valence-electron chi connectivity index (χ0n) is 9.98. The van der Waals surface area contributed by atoms with Crippen LogP contribution in [0.4, 0.5) is 10.1 Å². The number of rotatable bonds is 6. The van der Waals surface area contributed by atoms with Gasteiger partial charge >= 0.3 is 5.97 Å². The van der Waals surface area contributed by atoms with Crippen LogP contribution in [0.1, 0.15) is 29.6 Å². The third-order valence-corrected chi connectivity index (χ3v) is 2.32. The van der Waals surface area contributed by atoms with Gasteiger partial charge in [-0.2, -0.15) is 0 Å². The number of carbonyl (C=O) groups excluding carboxylic acids is 2. The molecule has 1 aromatic carbocycles. The highest BCUT2D eigenvalue weighted by Crippen LogP contribution is 2.16. The number of hydrogen-bond acceptors (Lipinski definition) is 3. The molecule has 0 heterocycles. The Bertz CT molecular complexity index is 516. The van der Waals surface area contributed by atoms with Crippen LogP contribution in [0.15, 0.2) is 18.2 Å². The first kappa shape index (κ1) is 14.6. The van der Waals surface area contributed by atoms with Crippen molar-refractivity contribution >= 4 is 23.5 Å². The van der Waals surface area contributed by atoms with Crippen LogP contribution >= 0.6 is 0 Å². The maximum absolute atomic E-state index is 13.4. The number of benzene rings is 1. The average Bonchev–Trinajstić information content (AvgIpc) is 2.31. The van der Waals surface area contributed by atoms with Crippen molar-refractivity contribution in [1.82, 2.24) is 0 Å². The summed E-state index contributed by atoms with van der Waals surface area (Å²) in [5.74, 6) is -2.96. The molecule has 0 aliphatic heterocycles. The van der Waals surface area contributed by atoms with E-state index in [0.29, 0.717) is 0 Å². The summed E-state index contributed by atoms with van der Waals surface area (Å²) in [6.07, 6.45) is -0.0396. The molecule has 0 fully saturated rings. The minimum absolute atomic E-state index is 0.0491. The molecule has 0 saturated heterocycles. The SMILES string of the molecule is NC(=O)c1ccc(F)c(NC(=O)CCCC(=O)O)c1. The molecular weight excluding hydrogens is 255 g/mol. The number of carboxylic acid groups (broad SMARTS) is 1. The molecule has 0 bridgehead atoms. The molecule has 0 aliphatic rings. The highest BCUT2D eigenvalue weighted by molar-refractivity contribution is 5.96. The number of nitrogens with one attached hydrogen (secondary N) is 1. The molecule has 0 spiro atoms. The minimum atomic E-state index is -1.00. The Morgan fingerprint density at radius 2 is 1.95 bits per heavy atom. The molecule has 0 saturated carbocycles. The van der Waals surface area contributed by atoms with E-state index in [0.717, 1.165) is 12.1 Å². The van der Waals surface area contributed by atoms with Crippen LogP contribution in [-0.4, -0.2) is 22.9 Å². The van der Waals surface area contributed by atoms with Gasteiger partial charge in [0.05, 0.1) is 5.69 Å². The Labute approximate surface area is 108 Å². The lowest BCUT2D eigenvalue weighted by molar-refractivity contribution is -0.137. The topological polar surface area (TPSA) is 109 Å². The maximum atomic E-state index is 13.4. The van der Waals surface area contributed by atoms with Crippen molar-refractivity contribution in [1.29, 1.82) is 0 Å². The van der Waals surface area contributed by atoms with E-state index in [1.165, 1.54) is 6.07 Å². The van der Waals surface area contributed by atoms with Crippen molar-refractivity contribution in [2.45, 2.75) is 19.3 Å². The summed E-state index contributed by atoms with van der Waals surface area (Å²) in [6, 6.07) is 3.36. The van der Waals surface area contributed by atoms with E-state index in [1.807, 2.05) is 0 Å². The smallest absolute Gasteiger partial charge is 0.303 e. The molecule has 2 amide bonds. The summed E-state index contributed by atoms with van der Waals surface area (Å²) >= 11 is 0. The van der Waals surface area contributed by atoms with E-state index in [-0.39, 0.29) is 30.5 Å². The molecule has 0 aliphatic carbocycles. The Morgan fingerprint density at radius 3 is 2.53 bits per heavy atom. The van der Waals surface area contributed by atoms with Crippen LogP contribution in [0.3, 0.4) is 0 Å². The zero-order chi connectivity index (χ0) is 14.4. The molecule has 1 rings (SSSR count). The number of anilines is 1. The van der Waals surface area contributed by atoms with Crippen LogP contribution in [-0.2, 0) is 9.59 Å². The first-order valence-electron chi connectivity index (χ1n) is 5.51. The van der Waals surface area contributed by atoms with Gasteiger partial charge in [0.15, 0.2) is 0 Å². The number of nitrogens with two attached hydrogens (primary N) is 1. The number of aliphatic carboxylic acids is 1. The summed E-state index contributed by atoms with van der Waals surface area (Å²) in [5.41, 5.74) is 4.95. The first-order chi connectivity index (χ1) is 8.90. The van der Waals surface area contributed by atoms with Crippen LogP contribution in [0, 0.1) is 5.82 Å². The van der Waals surface area contributed by atoms with Crippen molar-refractivity contribution in [3.05, 3.63) is 29.6 Å². The molecule has 0 radical (unpaired) electrons. The van der Waals surface area contributed by atoms with Gasteiger partial charge in [0, 0.05) is 18.4 Å². The van der Waals surface area contributed by atoms with Crippen molar-refractivity contribution < 1.29 is 23.9 Å². The summed E-state index contributed by atoms with van der Waals surface area (Å²) < 4.78 is 13.4. The highest BCUT2D eigenvalue weighted by atomic mass is 19.1. The zero-order valence-corrected chi connectivity index (χ0v) is 9.98. The van der Waals surface area contributed by atoms with E-state index in [2.05, 4.69) is 5.32 Å². The van der Waals surface area contributed by atoms with E-state index in [1.54, 1.807) is 0 Å². The van der Waals surface area contributed by atoms with Crippen LogP contribution in [0.2, 0.25) is 0 Å². The fourth-order valence-electron chi connectivity index (χ4n) is 1.39. The highest BCUT2D eigenvalue weighted by Gasteiger charge is 2.10. The largest absolute Gasteiger partial charge is 0.481 e. The second kappa shape index (κ2) is 6.48. The third-order valence-electron chi connectivity index (χ3n) is 2.32. The molecule has 6 nitrogen and oxygen atoms in total. The van der Waals surface area contributed by atoms with E-state index >= 15 is 0 Å². The number of hydrogen-bond donors (Lipinski definition) is 3. The van der Waals surface area contributed by atoms with Gasteiger partial charge in [-0.15, -0.1) is 0 Å². The standard InChI is InChI=1S/C12H13FN2O4/c13-8-5-4-7(12(14)19)6-9(8)15-10(16)2-1-3-11(17)18/h4-6H,1-3H2,(H2,14,19)(H,15,16)(H,17,18). The van der Waals surface area contributed by atoms with Crippen LogP contribution < -0.4 is 11.1 Å². The van der Waals surface area contributed by atoms with Crippen LogP contribution in [0.5, 0.6) is 0 Å². The lowest BCUT2D eigenvalue weighted by Gasteiger charge is -2.07. The Balaban J connectivity index is 2.65. The van der Waals surface area contributed by atoms with Gasteiger partial charge < -0.3 is 16.2 Å². The summed E-state index contributed by atoms with van der Waals surface area (Å²) in [5, 5.41) is 10.7. The Hall–Kier alpha value is -2.44. The third kappa shape index (κ3) is 4.74. The lowest BCUT2D eigenvalue weighted by Crippen LogP contribution is -2.15. The fourth-order valence-corrected chi connectivity index (χ4v) is 1.39. The monoisotopic (exact) mass is 268 g/mol. The van der Waals surface area contributed by atoms with Crippen molar-refractivity contribution in [2.24, 2.45) is 5.73 Å².